The summed E-state index contributed by atoms with van der Waals surface area (Å²) in [6, 6.07) is 2.67. The molecule has 1 amide bonds. The number of hydrogen-bond acceptors (Lipinski definition) is 2. The second-order valence-corrected chi connectivity index (χ2v) is 5.08. The number of hydrogen-bond donors (Lipinski definition) is 1. The summed E-state index contributed by atoms with van der Waals surface area (Å²) in [5.74, 6) is -0.574. The fourth-order valence-electron chi connectivity index (χ4n) is 1.51. The Hall–Kier alpha value is -1.08. The molecule has 1 N–H and O–H groups in total. The number of benzene rings is 1. The Labute approximate surface area is 123 Å². The number of carbonyl (C=O) groups is 1. The fourth-order valence-corrected chi connectivity index (χ4v) is 1.94. The maximum atomic E-state index is 12.6. The molecule has 0 spiro atoms. The first-order valence-electron chi connectivity index (χ1n) is 6.01. The second kappa shape index (κ2) is 7.08. The molecule has 0 aromatic heterocycles. The van der Waals surface area contributed by atoms with Crippen molar-refractivity contribution in [3.8, 4) is 0 Å². The van der Waals surface area contributed by atoms with E-state index in [-0.39, 0.29) is 11.6 Å². The highest BCUT2D eigenvalue weighted by Gasteiger charge is 2.31. The molecule has 0 aliphatic carbocycles. The van der Waals surface area contributed by atoms with E-state index in [4.69, 9.17) is 4.74 Å². The molecule has 7 heteroatoms. The topological polar surface area (TPSA) is 38.3 Å². The lowest BCUT2D eigenvalue weighted by molar-refractivity contribution is -0.137. The van der Waals surface area contributed by atoms with Crippen molar-refractivity contribution >= 4 is 21.8 Å². The van der Waals surface area contributed by atoms with E-state index in [1.54, 1.807) is 6.92 Å². The van der Waals surface area contributed by atoms with Crippen molar-refractivity contribution < 1.29 is 22.7 Å². The first-order valence-corrected chi connectivity index (χ1v) is 6.80. The van der Waals surface area contributed by atoms with Crippen molar-refractivity contribution in [2.24, 2.45) is 0 Å². The molecule has 0 saturated carbocycles. The summed E-state index contributed by atoms with van der Waals surface area (Å²) in [6.07, 6.45) is -4.48. The molecule has 1 aromatic rings. The van der Waals surface area contributed by atoms with E-state index in [1.807, 2.05) is 6.92 Å². The van der Waals surface area contributed by atoms with Crippen LogP contribution in [0.3, 0.4) is 0 Å². The summed E-state index contributed by atoms with van der Waals surface area (Å²) in [6.45, 7) is 4.35. The van der Waals surface area contributed by atoms with Gasteiger partial charge in [-0.15, -0.1) is 0 Å². The first kappa shape index (κ1) is 17.0. The summed E-state index contributed by atoms with van der Waals surface area (Å²) >= 11 is 3.08. The summed E-state index contributed by atoms with van der Waals surface area (Å²) in [5.41, 5.74) is -0.911. The van der Waals surface area contributed by atoms with E-state index in [9.17, 15) is 18.0 Å². The average molecular weight is 354 g/mol. The van der Waals surface area contributed by atoms with E-state index < -0.39 is 17.6 Å². The largest absolute Gasteiger partial charge is 0.416 e. The minimum absolute atomic E-state index is 0.0526. The monoisotopic (exact) mass is 353 g/mol. The van der Waals surface area contributed by atoms with Crippen LogP contribution in [0, 0.1) is 0 Å². The van der Waals surface area contributed by atoms with Crippen LogP contribution in [-0.4, -0.2) is 25.2 Å². The summed E-state index contributed by atoms with van der Waals surface area (Å²) < 4.78 is 43.3. The normalized spacial score (nSPS) is 13.1. The van der Waals surface area contributed by atoms with Crippen LogP contribution in [-0.2, 0) is 10.9 Å². The predicted molar refractivity (Wildman–Crippen MR) is 72.6 cm³/mol. The quantitative estimate of drug-likeness (QED) is 0.877. The Morgan fingerprint density at radius 3 is 2.65 bits per heavy atom. The van der Waals surface area contributed by atoms with Crippen LogP contribution >= 0.6 is 15.9 Å². The minimum atomic E-state index is -4.48. The Morgan fingerprint density at radius 2 is 2.10 bits per heavy atom. The van der Waals surface area contributed by atoms with Crippen molar-refractivity contribution in [1.29, 1.82) is 0 Å². The second-order valence-electron chi connectivity index (χ2n) is 4.23. The minimum Gasteiger partial charge on any atom is -0.380 e. The third-order valence-electron chi connectivity index (χ3n) is 2.49. The van der Waals surface area contributed by atoms with Gasteiger partial charge in [0.25, 0.3) is 5.91 Å². The lowest BCUT2D eigenvalue weighted by Gasteiger charge is -2.15. The molecular formula is C13H15BrF3NO2. The van der Waals surface area contributed by atoms with Gasteiger partial charge in [-0.2, -0.15) is 13.2 Å². The number of halogens is 4. The number of ether oxygens (including phenoxy) is 1. The zero-order valence-corrected chi connectivity index (χ0v) is 12.6. The van der Waals surface area contributed by atoms with Crippen molar-refractivity contribution in [2.45, 2.75) is 26.1 Å². The molecular weight excluding hydrogens is 339 g/mol. The third-order valence-corrected chi connectivity index (χ3v) is 3.18. The first-order chi connectivity index (χ1) is 9.25. The van der Waals surface area contributed by atoms with Crippen molar-refractivity contribution in [2.75, 3.05) is 13.2 Å². The van der Waals surface area contributed by atoms with Gasteiger partial charge in [0, 0.05) is 17.1 Å². The molecule has 0 heterocycles. The van der Waals surface area contributed by atoms with E-state index in [0.29, 0.717) is 17.7 Å². The molecule has 0 saturated heterocycles. The van der Waals surface area contributed by atoms with Crippen molar-refractivity contribution in [3.05, 3.63) is 33.8 Å². The standard InChI is InChI=1S/C13H15BrF3NO2/c1-3-20-7-8(2)18-12(19)10-6-9(13(15,16)17)4-5-11(10)14/h4-6,8H,3,7H2,1-2H3,(H,18,19). The summed E-state index contributed by atoms with van der Waals surface area (Å²) in [4.78, 5) is 12.0. The highest BCUT2D eigenvalue weighted by atomic mass is 79.9. The number of alkyl halides is 3. The van der Waals surface area contributed by atoms with Crippen LogP contribution in [0.15, 0.2) is 22.7 Å². The molecule has 1 aromatic carbocycles. The predicted octanol–water partition coefficient (Wildman–Crippen LogP) is 3.62. The van der Waals surface area contributed by atoms with Crippen LogP contribution in [0.2, 0.25) is 0 Å². The van der Waals surface area contributed by atoms with Gasteiger partial charge in [-0.1, -0.05) is 0 Å². The number of nitrogens with one attached hydrogen (secondary N) is 1. The fraction of sp³-hybridized carbons (Fsp3) is 0.462. The summed E-state index contributed by atoms with van der Waals surface area (Å²) in [5, 5.41) is 2.59. The molecule has 1 atom stereocenters. The van der Waals surface area contributed by atoms with E-state index >= 15 is 0 Å². The van der Waals surface area contributed by atoms with Gasteiger partial charge in [0.1, 0.15) is 0 Å². The van der Waals surface area contributed by atoms with Gasteiger partial charge in [-0.05, 0) is 48.0 Å². The highest BCUT2D eigenvalue weighted by Crippen LogP contribution is 2.31. The Morgan fingerprint density at radius 1 is 1.45 bits per heavy atom. The van der Waals surface area contributed by atoms with Crippen molar-refractivity contribution in [3.63, 3.8) is 0 Å². The zero-order valence-electron chi connectivity index (χ0n) is 11.1. The van der Waals surface area contributed by atoms with E-state index in [2.05, 4.69) is 21.2 Å². The van der Waals surface area contributed by atoms with Gasteiger partial charge in [0.15, 0.2) is 0 Å². The molecule has 3 nitrogen and oxygen atoms in total. The molecule has 1 rings (SSSR count). The third kappa shape index (κ3) is 4.79. The Balaban J connectivity index is 2.87. The van der Waals surface area contributed by atoms with Crippen LogP contribution in [0.5, 0.6) is 0 Å². The van der Waals surface area contributed by atoms with Gasteiger partial charge in [-0.3, -0.25) is 4.79 Å². The lowest BCUT2D eigenvalue weighted by Crippen LogP contribution is -2.36. The highest BCUT2D eigenvalue weighted by molar-refractivity contribution is 9.10. The Kier molecular flexibility index (Phi) is 6.01. The van der Waals surface area contributed by atoms with E-state index in [1.165, 1.54) is 6.07 Å². The van der Waals surface area contributed by atoms with Gasteiger partial charge >= 0.3 is 6.18 Å². The molecule has 20 heavy (non-hydrogen) atoms. The average Bonchev–Trinajstić information content (AvgIpc) is 2.35. The van der Waals surface area contributed by atoms with Gasteiger partial charge < -0.3 is 10.1 Å². The molecule has 0 aliphatic rings. The molecule has 1 unspecified atom stereocenters. The van der Waals surface area contributed by atoms with Gasteiger partial charge in [-0.25, -0.2) is 0 Å². The zero-order chi connectivity index (χ0) is 15.3. The maximum absolute atomic E-state index is 12.6. The SMILES string of the molecule is CCOCC(C)NC(=O)c1cc(C(F)(F)F)ccc1Br. The number of rotatable bonds is 5. The molecule has 0 fully saturated rings. The smallest absolute Gasteiger partial charge is 0.380 e. The molecule has 0 aliphatic heterocycles. The number of carbonyl (C=O) groups excluding carboxylic acids is 1. The van der Waals surface area contributed by atoms with Gasteiger partial charge in [0.05, 0.1) is 17.7 Å². The van der Waals surface area contributed by atoms with Crippen molar-refractivity contribution in [1.82, 2.24) is 5.32 Å². The summed E-state index contributed by atoms with van der Waals surface area (Å²) in [7, 11) is 0. The van der Waals surface area contributed by atoms with Crippen LogP contribution in [0.1, 0.15) is 29.8 Å². The Bertz CT molecular complexity index is 477. The molecule has 0 radical (unpaired) electrons. The van der Waals surface area contributed by atoms with Gasteiger partial charge in [0.2, 0.25) is 0 Å². The maximum Gasteiger partial charge on any atom is 0.416 e. The van der Waals surface area contributed by atoms with Crippen LogP contribution in [0.25, 0.3) is 0 Å². The van der Waals surface area contributed by atoms with E-state index in [0.717, 1.165) is 12.1 Å². The lowest BCUT2D eigenvalue weighted by atomic mass is 10.1. The van der Waals surface area contributed by atoms with Crippen LogP contribution < -0.4 is 5.32 Å². The van der Waals surface area contributed by atoms with Crippen LogP contribution in [0.4, 0.5) is 13.2 Å². The molecule has 112 valence electrons. The number of amides is 1. The molecule has 0 bridgehead atoms.